The zero-order valence-electron chi connectivity index (χ0n) is 16.1. The Bertz CT molecular complexity index is 1020. The number of ether oxygens (including phenoxy) is 1. The minimum atomic E-state index is -3.85. The highest BCUT2D eigenvalue weighted by molar-refractivity contribution is 7.89. The fourth-order valence-corrected chi connectivity index (χ4v) is 3.96. The van der Waals surface area contributed by atoms with Crippen LogP contribution in [0, 0.1) is 5.13 Å². The van der Waals surface area contributed by atoms with E-state index in [0.717, 1.165) is 6.20 Å². The summed E-state index contributed by atoms with van der Waals surface area (Å²) in [6.07, 6.45) is 1.30. The summed E-state index contributed by atoms with van der Waals surface area (Å²) in [5.74, 6) is -0.687. The minimum Gasteiger partial charge on any atom is -0.389 e. The maximum Gasteiger partial charge on any atom is 0.280 e. The van der Waals surface area contributed by atoms with Crippen LogP contribution in [0.25, 0.3) is 0 Å². The number of benzene rings is 1. The monoisotopic (exact) mass is 458 g/mol. The quantitative estimate of drug-likeness (QED) is 0.471. The molecule has 1 amide bonds. The van der Waals surface area contributed by atoms with Crippen LogP contribution in [0.5, 0.6) is 0 Å². The third-order valence-electron chi connectivity index (χ3n) is 4.12. The van der Waals surface area contributed by atoms with Gasteiger partial charge in [-0.15, -0.1) is 0 Å². The Morgan fingerprint density at radius 3 is 2.70 bits per heavy atom. The van der Waals surface area contributed by atoms with Crippen LogP contribution in [-0.2, 0) is 29.2 Å². The predicted octanol–water partition coefficient (Wildman–Crippen LogP) is 1.61. The number of oxime groups is 1. The van der Waals surface area contributed by atoms with E-state index in [1.165, 1.54) is 38.4 Å². The number of rotatable bonds is 8. The average Bonchev–Trinajstić information content (AvgIpc) is 3.39. The summed E-state index contributed by atoms with van der Waals surface area (Å²) in [4.78, 5) is 26.6. The van der Waals surface area contributed by atoms with E-state index in [0.29, 0.717) is 41.0 Å². The van der Waals surface area contributed by atoms with E-state index in [4.69, 9.17) is 14.4 Å². The second-order valence-corrected chi connectivity index (χ2v) is 8.99. The Morgan fingerprint density at radius 2 is 2.13 bits per heavy atom. The Morgan fingerprint density at radius 1 is 1.40 bits per heavy atom. The highest BCUT2D eigenvalue weighted by Gasteiger charge is 2.24. The molecule has 162 valence electrons. The van der Waals surface area contributed by atoms with Crippen molar-refractivity contribution >= 4 is 38.1 Å². The molecule has 3 rings (SSSR count). The summed E-state index contributed by atoms with van der Waals surface area (Å²) in [6, 6.07) is 5.44. The molecule has 0 spiro atoms. The van der Waals surface area contributed by atoms with Crippen LogP contribution in [-0.4, -0.2) is 63.0 Å². The number of carbonyl (C=O) groups excluding carboxylic acids is 1. The first-order valence-corrected chi connectivity index (χ1v) is 10.9. The van der Waals surface area contributed by atoms with Crippen molar-refractivity contribution in [2.24, 2.45) is 5.16 Å². The van der Waals surface area contributed by atoms with Gasteiger partial charge in [-0.05, 0) is 12.1 Å². The summed E-state index contributed by atoms with van der Waals surface area (Å²) < 4.78 is 43.8. The van der Waals surface area contributed by atoms with Gasteiger partial charge in [-0.2, -0.15) is 4.39 Å². The molecule has 30 heavy (non-hydrogen) atoms. The molecule has 1 saturated heterocycles. The lowest BCUT2D eigenvalue weighted by Crippen LogP contribution is -2.27. The topological polar surface area (TPSA) is 119 Å². The van der Waals surface area contributed by atoms with Crippen LogP contribution in [0.15, 0.2) is 40.5 Å². The zero-order chi connectivity index (χ0) is 21.7. The highest BCUT2D eigenvalue weighted by atomic mass is 32.2. The zero-order valence-corrected chi connectivity index (χ0v) is 17.7. The van der Waals surface area contributed by atoms with Gasteiger partial charge in [0.2, 0.25) is 0 Å². The molecule has 1 fully saturated rings. The van der Waals surface area contributed by atoms with E-state index < -0.39 is 21.1 Å². The summed E-state index contributed by atoms with van der Waals surface area (Å²) >= 11 is 0.659. The van der Waals surface area contributed by atoms with Gasteiger partial charge >= 0.3 is 0 Å². The standard InChI is InChI=1S/C17H19FN4O6S2/c1-22(26-2)30(24,25)13-5-3-11(4-6-13)15(21-28-12-7-8-27-10-12)16(23)20-17-19-9-14(18)29-17/h3-6,9,12H,7-8,10H2,1-2H3,(H,19,20,23)/t12-/m1/s1. The fraction of sp³-hybridized carbons (Fsp3) is 0.353. The van der Waals surface area contributed by atoms with E-state index in [-0.39, 0.29) is 21.8 Å². The van der Waals surface area contributed by atoms with Crippen LogP contribution < -0.4 is 5.32 Å². The number of anilines is 1. The molecule has 0 unspecified atom stereocenters. The summed E-state index contributed by atoms with van der Waals surface area (Å²) in [7, 11) is -1.36. The largest absolute Gasteiger partial charge is 0.389 e. The lowest BCUT2D eigenvalue weighted by molar-refractivity contribution is -0.110. The van der Waals surface area contributed by atoms with Crippen molar-refractivity contribution in [1.82, 2.24) is 9.45 Å². The van der Waals surface area contributed by atoms with Crippen molar-refractivity contribution in [3.05, 3.63) is 41.2 Å². The van der Waals surface area contributed by atoms with E-state index in [2.05, 4.69) is 15.5 Å². The molecule has 0 saturated carbocycles. The Labute approximate surface area is 176 Å². The predicted molar refractivity (Wildman–Crippen MR) is 106 cm³/mol. The Kier molecular flexibility index (Phi) is 7.10. The number of aromatic nitrogens is 1. The number of halogens is 1. The van der Waals surface area contributed by atoms with Gasteiger partial charge in [0, 0.05) is 19.0 Å². The third-order valence-corrected chi connectivity index (χ3v) is 6.51. The van der Waals surface area contributed by atoms with Crippen LogP contribution in [0.4, 0.5) is 9.52 Å². The number of nitrogens with zero attached hydrogens (tertiary/aromatic N) is 3. The molecular weight excluding hydrogens is 439 g/mol. The molecule has 1 aromatic heterocycles. The van der Waals surface area contributed by atoms with Gasteiger partial charge in [-0.1, -0.05) is 33.1 Å². The van der Waals surface area contributed by atoms with E-state index >= 15 is 0 Å². The Balaban J connectivity index is 1.87. The number of hydrogen-bond donors (Lipinski definition) is 1. The second kappa shape index (κ2) is 9.57. The lowest BCUT2D eigenvalue weighted by atomic mass is 10.1. The van der Waals surface area contributed by atoms with Crippen LogP contribution >= 0.6 is 11.3 Å². The first-order valence-electron chi connectivity index (χ1n) is 8.69. The molecule has 1 aromatic carbocycles. The highest BCUT2D eigenvalue weighted by Crippen LogP contribution is 2.19. The van der Waals surface area contributed by atoms with Crippen molar-refractivity contribution in [2.75, 3.05) is 32.7 Å². The molecule has 1 aliphatic heterocycles. The van der Waals surface area contributed by atoms with Gasteiger partial charge in [0.05, 0.1) is 31.4 Å². The number of thiazole rings is 1. The van der Waals surface area contributed by atoms with Crippen molar-refractivity contribution in [2.45, 2.75) is 17.4 Å². The van der Waals surface area contributed by atoms with Gasteiger partial charge in [-0.25, -0.2) is 13.4 Å². The van der Waals surface area contributed by atoms with Gasteiger partial charge in [-0.3, -0.25) is 14.9 Å². The summed E-state index contributed by atoms with van der Waals surface area (Å²) in [5.41, 5.74) is 0.170. The van der Waals surface area contributed by atoms with Gasteiger partial charge in [0.15, 0.2) is 22.1 Å². The number of hydroxylamine groups is 1. The first-order chi connectivity index (χ1) is 14.3. The van der Waals surface area contributed by atoms with E-state index in [1.54, 1.807) is 0 Å². The minimum absolute atomic E-state index is 0.0394. The smallest absolute Gasteiger partial charge is 0.280 e. The van der Waals surface area contributed by atoms with Crippen LogP contribution in [0.2, 0.25) is 0 Å². The first kappa shape index (κ1) is 22.2. The average molecular weight is 458 g/mol. The molecule has 13 heteroatoms. The molecule has 1 N–H and O–H groups in total. The van der Waals surface area contributed by atoms with Crippen molar-refractivity contribution in [3.63, 3.8) is 0 Å². The fourth-order valence-electron chi connectivity index (χ4n) is 2.45. The molecule has 0 radical (unpaired) electrons. The Hall–Kier alpha value is -2.45. The van der Waals surface area contributed by atoms with Gasteiger partial charge in [0.25, 0.3) is 15.9 Å². The van der Waals surface area contributed by atoms with Crippen molar-refractivity contribution < 1.29 is 32.0 Å². The molecule has 2 heterocycles. The molecule has 0 bridgehead atoms. The molecular formula is C17H19FN4O6S2. The maximum atomic E-state index is 13.2. The summed E-state index contributed by atoms with van der Waals surface area (Å²) in [6.45, 7) is 0.871. The maximum absolute atomic E-state index is 13.2. The third kappa shape index (κ3) is 5.17. The molecule has 2 aromatic rings. The molecule has 10 nitrogen and oxygen atoms in total. The van der Waals surface area contributed by atoms with Gasteiger partial charge < -0.3 is 9.57 Å². The van der Waals surface area contributed by atoms with Gasteiger partial charge in [0.1, 0.15) is 0 Å². The SMILES string of the molecule is CON(C)S(=O)(=O)c1ccc(C(=NO[C@@H]2CCOC2)C(=O)Nc2ncc(F)s2)cc1. The number of amides is 1. The number of hydrogen-bond acceptors (Lipinski definition) is 9. The number of sulfonamides is 1. The summed E-state index contributed by atoms with van der Waals surface area (Å²) in [5, 5.41) is 5.89. The molecule has 0 aliphatic carbocycles. The normalized spacial score (nSPS) is 17.3. The molecule has 1 atom stereocenters. The number of carbonyl (C=O) groups is 1. The van der Waals surface area contributed by atoms with Crippen molar-refractivity contribution in [1.29, 1.82) is 0 Å². The van der Waals surface area contributed by atoms with Crippen molar-refractivity contribution in [3.8, 4) is 0 Å². The second-order valence-electron chi connectivity index (χ2n) is 6.08. The van der Waals surface area contributed by atoms with E-state index in [9.17, 15) is 17.6 Å². The van der Waals surface area contributed by atoms with Crippen LogP contribution in [0.1, 0.15) is 12.0 Å². The molecule has 1 aliphatic rings. The van der Waals surface area contributed by atoms with Crippen LogP contribution in [0.3, 0.4) is 0 Å². The number of nitrogens with one attached hydrogen (secondary N) is 1. The van der Waals surface area contributed by atoms with E-state index in [1.807, 2.05) is 0 Å². The lowest BCUT2D eigenvalue weighted by Gasteiger charge is -2.14.